The average molecular weight is 474 g/mol. The van der Waals surface area contributed by atoms with E-state index in [0.29, 0.717) is 12.0 Å². The summed E-state index contributed by atoms with van der Waals surface area (Å²) >= 11 is 0. The van der Waals surface area contributed by atoms with E-state index in [0.717, 1.165) is 92.1 Å². The number of aliphatic hydroxyl groups excluding tert-OH is 1. The van der Waals surface area contributed by atoms with Crippen LogP contribution in [-0.4, -0.2) is 77.3 Å². The van der Waals surface area contributed by atoms with Crippen molar-refractivity contribution in [2.24, 2.45) is 5.92 Å². The minimum atomic E-state index is -0.353. The fourth-order valence-electron chi connectivity index (χ4n) is 6.35. The van der Waals surface area contributed by atoms with Gasteiger partial charge in [-0.25, -0.2) is 0 Å². The van der Waals surface area contributed by atoms with E-state index < -0.39 is 0 Å². The number of nitrogens with zero attached hydrogens (tertiary/aromatic N) is 3. The summed E-state index contributed by atoms with van der Waals surface area (Å²) in [4.78, 5) is 20.7. The first-order valence-corrected chi connectivity index (χ1v) is 13.5. The number of carbonyl (C=O) groups excluding carboxylic acids is 1. The van der Waals surface area contributed by atoms with Gasteiger partial charge in [0.1, 0.15) is 6.23 Å². The number of amides is 1. The second-order valence-corrected chi connectivity index (χ2v) is 10.2. The molecule has 5 nitrogen and oxygen atoms in total. The Hall–Kier alpha value is -2.47. The second kappa shape index (κ2) is 10.7. The summed E-state index contributed by atoms with van der Waals surface area (Å²) in [5.74, 6) is 0.468. The number of hydrogen-bond acceptors (Lipinski definition) is 4. The molecule has 0 radical (unpaired) electrons. The number of piperidine rings is 2. The molecule has 5 rings (SSSR count). The van der Waals surface area contributed by atoms with E-state index >= 15 is 0 Å². The molecule has 2 aliphatic rings. The van der Waals surface area contributed by atoms with Crippen molar-refractivity contribution in [2.75, 3.05) is 39.3 Å². The molecule has 0 saturated carbocycles. The molecule has 186 valence electrons. The first-order valence-electron chi connectivity index (χ1n) is 13.5. The third kappa shape index (κ3) is 4.82. The minimum Gasteiger partial charge on any atom is -0.378 e. The zero-order valence-electron chi connectivity index (χ0n) is 21.2. The molecular weight excluding hydrogens is 434 g/mol. The lowest BCUT2D eigenvalue weighted by Gasteiger charge is -2.44. The molecule has 35 heavy (non-hydrogen) atoms. The van der Waals surface area contributed by atoms with Gasteiger partial charge in [-0.3, -0.25) is 14.6 Å². The molecule has 2 heterocycles. The van der Waals surface area contributed by atoms with Gasteiger partial charge in [0.15, 0.2) is 0 Å². The molecular formula is C30H39N3O2. The summed E-state index contributed by atoms with van der Waals surface area (Å²) < 4.78 is 0. The first kappa shape index (κ1) is 24.2. The van der Waals surface area contributed by atoms with E-state index in [9.17, 15) is 9.90 Å². The van der Waals surface area contributed by atoms with Crippen LogP contribution in [0.2, 0.25) is 0 Å². The number of fused-ring (bicyclic) bond motifs is 2. The summed E-state index contributed by atoms with van der Waals surface area (Å²) in [6.45, 7) is 9.67. The van der Waals surface area contributed by atoms with Crippen molar-refractivity contribution in [3.05, 3.63) is 60.2 Å². The third-order valence-electron chi connectivity index (χ3n) is 8.35. The molecule has 0 aliphatic carbocycles. The van der Waals surface area contributed by atoms with Crippen molar-refractivity contribution in [3.8, 4) is 0 Å². The van der Waals surface area contributed by atoms with Crippen LogP contribution >= 0.6 is 0 Å². The Balaban J connectivity index is 1.30. The number of rotatable bonds is 6. The van der Waals surface area contributed by atoms with Crippen molar-refractivity contribution in [1.82, 2.24) is 14.7 Å². The molecule has 0 spiro atoms. The van der Waals surface area contributed by atoms with Crippen molar-refractivity contribution >= 4 is 27.5 Å². The quantitative estimate of drug-likeness (QED) is 0.406. The van der Waals surface area contributed by atoms with Gasteiger partial charge in [0.25, 0.3) is 5.91 Å². The Morgan fingerprint density at radius 2 is 1.54 bits per heavy atom. The van der Waals surface area contributed by atoms with E-state index in [1.807, 2.05) is 24.3 Å². The van der Waals surface area contributed by atoms with Crippen LogP contribution in [0.1, 0.15) is 49.9 Å². The monoisotopic (exact) mass is 473 g/mol. The van der Waals surface area contributed by atoms with Crippen LogP contribution in [0.3, 0.4) is 0 Å². The summed E-state index contributed by atoms with van der Waals surface area (Å²) in [6, 6.07) is 19.2. The Labute approximate surface area is 209 Å². The van der Waals surface area contributed by atoms with E-state index in [-0.39, 0.29) is 12.1 Å². The number of aliphatic hydroxyl groups is 1. The van der Waals surface area contributed by atoms with Gasteiger partial charge in [-0.15, -0.1) is 0 Å². The van der Waals surface area contributed by atoms with Crippen molar-refractivity contribution < 1.29 is 9.90 Å². The van der Waals surface area contributed by atoms with E-state index in [1.54, 1.807) is 0 Å². The maximum atomic E-state index is 13.9. The van der Waals surface area contributed by atoms with E-state index in [1.165, 1.54) is 0 Å². The Morgan fingerprint density at radius 3 is 2.14 bits per heavy atom. The molecule has 1 unspecified atom stereocenters. The lowest BCUT2D eigenvalue weighted by Crippen LogP contribution is -2.53. The maximum Gasteiger partial charge on any atom is 0.255 e. The molecule has 0 bridgehead atoms. The highest BCUT2D eigenvalue weighted by molar-refractivity contribution is 6.18. The summed E-state index contributed by atoms with van der Waals surface area (Å²) in [6.07, 6.45) is 3.89. The number of likely N-dealkylation sites (tertiary alicyclic amines) is 2. The Morgan fingerprint density at radius 1 is 0.943 bits per heavy atom. The van der Waals surface area contributed by atoms with Gasteiger partial charge in [-0.05, 0) is 72.9 Å². The van der Waals surface area contributed by atoms with E-state index in [2.05, 4.69) is 58.9 Å². The Kier molecular flexibility index (Phi) is 7.37. The second-order valence-electron chi connectivity index (χ2n) is 10.2. The molecule has 2 aliphatic heterocycles. The van der Waals surface area contributed by atoms with Gasteiger partial charge in [0, 0.05) is 31.6 Å². The van der Waals surface area contributed by atoms with E-state index in [4.69, 9.17) is 0 Å². The summed E-state index contributed by atoms with van der Waals surface area (Å²) in [5, 5.41) is 15.2. The molecule has 2 fully saturated rings. The molecule has 2 atom stereocenters. The predicted molar refractivity (Wildman–Crippen MR) is 144 cm³/mol. The predicted octanol–water partition coefficient (Wildman–Crippen LogP) is 4.97. The minimum absolute atomic E-state index is 0.157. The SMILES string of the molecule is CCN(CC)C(O)[C@@H]1CCCN(C2CCN(C(=O)c3c4ccccc4cc4ccccc34)CC2)C1. The van der Waals surface area contributed by atoms with Crippen LogP contribution in [0.25, 0.3) is 21.5 Å². The van der Waals surface area contributed by atoms with Crippen molar-refractivity contribution in [1.29, 1.82) is 0 Å². The fraction of sp³-hybridized carbons (Fsp3) is 0.500. The number of carbonyl (C=O) groups is 1. The molecule has 0 aromatic heterocycles. The standard InChI is InChI=1S/C30H39N3O2/c1-3-31(4-2)29(34)24-12-9-17-33(21-24)25-15-18-32(19-16-25)30(35)28-26-13-7-5-10-22(26)20-23-11-6-8-14-27(23)28/h5-8,10-11,13-14,20,24-25,29,34H,3-4,9,12,15-19,21H2,1-2H3/t24-,29?/m1/s1. The van der Waals surface area contributed by atoms with Gasteiger partial charge in [0.2, 0.25) is 0 Å². The zero-order chi connectivity index (χ0) is 24.4. The van der Waals surface area contributed by atoms with Gasteiger partial charge < -0.3 is 10.0 Å². The van der Waals surface area contributed by atoms with Crippen molar-refractivity contribution in [2.45, 2.75) is 51.8 Å². The molecule has 3 aromatic rings. The average Bonchev–Trinajstić information content (AvgIpc) is 2.92. The van der Waals surface area contributed by atoms with Crippen LogP contribution in [0.5, 0.6) is 0 Å². The van der Waals surface area contributed by atoms with Crippen LogP contribution in [0.15, 0.2) is 54.6 Å². The highest BCUT2D eigenvalue weighted by Crippen LogP contribution is 2.31. The number of benzene rings is 3. The summed E-state index contributed by atoms with van der Waals surface area (Å²) in [7, 11) is 0. The topological polar surface area (TPSA) is 47.0 Å². The highest BCUT2D eigenvalue weighted by atomic mass is 16.3. The molecule has 3 aromatic carbocycles. The van der Waals surface area contributed by atoms with Crippen LogP contribution in [0.4, 0.5) is 0 Å². The van der Waals surface area contributed by atoms with Crippen LogP contribution in [-0.2, 0) is 0 Å². The van der Waals surface area contributed by atoms with Gasteiger partial charge in [-0.1, -0.05) is 62.4 Å². The smallest absolute Gasteiger partial charge is 0.255 e. The highest BCUT2D eigenvalue weighted by Gasteiger charge is 2.34. The molecule has 1 amide bonds. The van der Waals surface area contributed by atoms with Crippen LogP contribution in [0, 0.1) is 5.92 Å². The van der Waals surface area contributed by atoms with Crippen LogP contribution < -0.4 is 0 Å². The van der Waals surface area contributed by atoms with Gasteiger partial charge in [-0.2, -0.15) is 0 Å². The van der Waals surface area contributed by atoms with Crippen molar-refractivity contribution in [3.63, 3.8) is 0 Å². The van der Waals surface area contributed by atoms with Gasteiger partial charge >= 0.3 is 0 Å². The normalized spacial score (nSPS) is 21.1. The largest absolute Gasteiger partial charge is 0.378 e. The lowest BCUT2D eigenvalue weighted by molar-refractivity contribution is -0.0643. The lowest BCUT2D eigenvalue weighted by atomic mass is 9.91. The third-order valence-corrected chi connectivity index (χ3v) is 8.35. The molecule has 2 saturated heterocycles. The van der Waals surface area contributed by atoms with Gasteiger partial charge in [0.05, 0.1) is 5.56 Å². The fourth-order valence-corrected chi connectivity index (χ4v) is 6.35. The maximum absolute atomic E-state index is 13.9. The molecule has 5 heteroatoms. The summed E-state index contributed by atoms with van der Waals surface area (Å²) in [5.41, 5.74) is 0.845. The Bertz CT molecular complexity index is 1110. The first-order chi connectivity index (χ1) is 17.1. The zero-order valence-corrected chi connectivity index (χ0v) is 21.2. The number of hydrogen-bond donors (Lipinski definition) is 1. The molecule has 1 N–H and O–H groups in total.